The van der Waals surface area contributed by atoms with Crippen molar-refractivity contribution in [2.75, 3.05) is 38.6 Å². The van der Waals surface area contributed by atoms with Crippen molar-refractivity contribution in [2.24, 2.45) is 0 Å². The predicted octanol–water partition coefficient (Wildman–Crippen LogP) is 4.14. The van der Waals surface area contributed by atoms with Gasteiger partial charge in [-0.05, 0) is 49.5 Å². The van der Waals surface area contributed by atoms with E-state index in [1.54, 1.807) is 12.1 Å². The Morgan fingerprint density at radius 1 is 1.05 bits per heavy atom. The Kier molecular flexibility index (Phi) is 9.66. The van der Waals surface area contributed by atoms with E-state index in [0.29, 0.717) is 17.8 Å². The number of aromatic nitrogens is 2. The molecule has 0 aliphatic carbocycles. The number of amides is 1. The molecule has 39 heavy (non-hydrogen) atoms. The Hall–Kier alpha value is -4.39. The maximum absolute atomic E-state index is 13.2. The molecule has 3 N–H and O–H groups in total. The maximum Gasteiger partial charge on any atom is 0.491 e. The first kappa shape index (κ1) is 29.2. The van der Waals surface area contributed by atoms with Crippen LogP contribution >= 0.6 is 0 Å². The number of alkyl halides is 3. The lowest BCUT2D eigenvalue weighted by atomic mass is 10.1. The number of esters is 1. The summed E-state index contributed by atoms with van der Waals surface area (Å²) in [6.07, 6.45) is -2.59. The second-order valence-electron chi connectivity index (χ2n) is 8.15. The van der Waals surface area contributed by atoms with Gasteiger partial charge in [0, 0.05) is 18.7 Å². The van der Waals surface area contributed by atoms with Crippen LogP contribution in [0, 0.1) is 0 Å². The molecule has 0 aliphatic rings. The molecule has 0 atom stereocenters. The number of carbonyl (C=O) groups is 2. The topological polar surface area (TPSA) is 126 Å². The summed E-state index contributed by atoms with van der Waals surface area (Å²) in [6.45, 7) is 6.14. The van der Waals surface area contributed by atoms with Gasteiger partial charge in [0.2, 0.25) is 0 Å². The summed E-state index contributed by atoms with van der Waals surface area (Å²) < 4.78 is 49.5. The monoisotopic (exact) mass is 547 g/mol. The Bertz CT molecular complexity index is 1300. The molecule has 0 bridgehead atoms. The summed E-state index contributed by atoms with van der Waals surface area (Å²) in [6, 6.07) is 8.67. The smallest absolute Gasteiger partial charge is 0.491 e. The average molecular weight is 548 g/mol. The van der Waals surface area contributed by atoms with E-state index in [4.69, 9.17) is 9.47 Å². The molecule has 0 spiro atoms. The van der Waals surface area contributed by atoms with Crippen LogP contribution in [0.1, 0.15) is 24.2 Å². The Balaban J connectivity index is 2.01. The predicted molar refractivity (Wildman–Crippen MR) is 137 cm³/mol. The van der Waals surface area contributed by atoms with E-state index >= 15 is 0 Å². The van der Waals surface area contributed by atoms with Gasteiger partial charge >= 0.3 is 12.1 Å². The summed E-state index contributed by atoms with van der Waals surface area (Å²) in [5.74, 6) is -3.86. The van der Waals surface area contributed by atoms with Gasteiger partial charge in [-0.1, -0.05) is 13.8 Å². The molecule has 1 aromatic heterocycles. The molecule has 0 radical (unpaired) electrons. The van der Waals surface area contributed by atoms with Crippen LogP contribution < -0.4 is 20.1 Å². The maximum atomic E-state index is 13.2. The molecule has 0 saturated carbocycles. The molecule has 1 heterocycles. The number of likely N-dealkylation sites (N-methyl/N-ethyl adjacent to an activating group) is 1. The fourth-order valence-corrected chi connectivity index (χ4v) is 3.58. The molecule has 13 heteroatoms. The van der Waals surface area contributed by atoms with Crippen molar-refractivity contribution in [2.45, 2.75) is 20.0 Å². The lowest BCUT2D eigenvalue weighted by molar-refractivity contribution is -0.189. The SMILES string of the molecule is CCN(CC)CCNC(=O)c1ccc(OC)c(Nc2cncc(-c3ccc(O)cc3)n2)c1OC(=O)C(F)(F)F. The molecule has 0 unspecified atom stereocenters. The summed E-state index contributed by atoms with van der Waals surface area (Å²) in [5, 5.41) is 15.0. The molecule has 2 aromatic carbocycles. The standard InChI is InChI=1S/C26H28F3N5O5/c1-4-34(5-2)13-12-31-24(36)18-10-11-20(38-3)22(23(18)39-25(37)26(27,28)29)33-21-15-30-14-19(32-21)16-6-8-17(35)9-7-16/h6-11,14-15,35H,4-5,12-13H2,1-3H3,(H,31,36)(H,32,33). The second-order valence-corrected chi connectivity index (χ2v) is 8.15. The van der Waals surface area contributed by atoms with Gasteiger partial charge < -0.3 is 30.1 Å². The number of hydrogen-bond donors (Lipinski definition) is 3. The van der Waals surface area contributed by atoms with Gasteiger partial charge in [-0.3, -0.25) is 9.78 Å². The minimum absolute atomic E-state index is 0.0171. The van der Waals surface area contributed by atoms with Crippen molar-refractivity contribution in [1.82, 2.24) is 20.2 Å². The summed E-state index contributed by atoms with van der Waals surface area (Å²) in [5.41, 5.74) is 0.417. The number of aromatic hydroxyl groups is 1. The average Bonchev–Trinajstić information content (AvgIpc) is 2.91. The highest BCUT2D eigenvalue weighted by Gasteiger charge is 2.42. The first-order chi connectivity index (χ1) is 18.6. The number of methoxy groups -OCH3 is 1. The summed E-state index contributed by atoms with van der Waals surface area (Å²) in [7, 11) is 1.26. The number of hydrogen-bond acceptors (Lipinski definition) is 9. The van der Waals surface area contributed by atoms with Crippen molar-refractivity contribution in [3.63, 3.8) is 0 Å². The van der Waals surface area contributed by atoms with Gasteiger partial charge in [-0.25, -0.2) is 9.78 Å². The van der Waals surface area contributed by atoms with Crippen molar-refractivity contribution in [3.05, 3.63) is 54.4 Å². The van der Waals surface area contributed by atoms with Gasteiger partial charge in [-0.15, -0.1) is 0 Å². The minimum Gasteiger partial charge on any atom is -0.508 e. The van der Waals surface area contributed by atoms with Gasteiger partial charge in [0.25, 0.3) is 5.91 Å². The van der Waals surface area contributed by atoms with Gasteiger partial charge in [0.15, 0.2) is 5.75 Å². The van der Waals surface area contributed by atoms with E-state index in [2.05, 4.69) is 20.6 Å². The van der Waals surface area contributed by atoms with Crippen LogP contribution in [0.2, 0.25) is 0 Å². The van der Waals surface area contributed by atoms with Gasteiger partial charge in [-0.2, -0.15) is 13.2 Å². The van der Waals surface area contributed by atoms with Crippen LogP contribution in [-0.4, -0.2) is 71.3 Å². The van der Waals surface area contributed by atoms with Crippen LogP contribution in [0.4, 0.5) is 24.7 Å². The zero-order valence-electron chi connectivity index (χ0n) is 21.5. The van der Waals surface area contributed by atoms with Crippen LogP contribution in [0.5, 0.6) is 17.2 Å². The Labute approximate surface area is 222 Å². The number of benzene rings is 2. The van der Waals surface area contributed by atoms with E-state index < -0.39 is 23.8 Å². The van der Waals surface area contributed by atoms with E-state index in [0.717, 1.165) is 13.1 Å². The van der Waals surface area contributed by atoms with Crippen molar-refractivity contribution >= 4 is 23.4 Å². The second kappa shape index (κ2) is 12.9. The highest BCUT2D eigenvalue weighted by Crippen LogP contribution is 2.40. The van der Waals surface area contributed by atoms with Gasteiger partial charge in [0.1, 0.15) is 23.0 Å². The third kappa shape index (κ3) is 7.57. The number of phenols is 1. The highest BCUT2D eigenvalue weighted by atomic mass is 19.4. The number of halogens is 3. The van der Waals surface area contributed by atoms with Crippen LogP contribution in [0.15, 0.2) is 48.8 Å². The number of ether oxygens (including phenoxy) is 2. The zero-order chi connectivity index (χ0) is 28.6. The number of nitrogens with one attached hydrogen (secondary N) is 2. The number of phenolic OH excluding ortho intramolecular Hbond substituents is 1. The molecule has 0 aliphatic heterocycles. The lowest BCUT2D eigenvalue weighted by Crippen LogP contribution is -2.35. The first-order valence-electron chi connectivity index (χ1n) is 12.0. The number of anilines is 2. The van der Waals surface area contributed by atoms with E-state index in [1.165, 1.54) is 43.8 Å². The first-order valence-corrected chi connectivity index (χ1v) is 12.0. The van der Waals surface area contributed by atoms with E-state index in [-0.39, 0.29) is 35.1 Å². The molecule has 3 rings (SSSR count). The Morgan fingerprint density at radius 2 is 1.74 bits per heavy atom. The van der Waals surface area contributed by atoms with Gasteiger partial charge in [0.05, 0.1) is 30.8 Å². The molecule has 208 valence electrons. The minimum atomic E-state index is -5.32. The normalized spacial score (nSPS) is 11.3. The number of nitrogens with zero attached hydrogens (tertiary/aromatic N) is 3. The third-order valence-corrected chi connectivity index (χ3v) is 5.67. The molecule has 10 nitrogen and oxygen atoms in total. The third-order valence-electron chi connectivity index (χ3n) is 5.67. The molecule has 1 amide bonds. The van der Waals surface area contributed by atoms with Crippen molar-refractivity contribution in [3.8, 4) is 28.5 Å². The fraction of sp³-hybridized carbons (Fsp3) is 0.308. The fourth-order valence-electron chi connectivity index (χ4n) is 3.58. The molecular formula is C26H28F3N5O5. The molecule has 0 saturated heterocycles. The molecule has 0 fully saturated rings. The van der Waals surface area contributed by atoms with E-state index in [1.807, 2.05) is 18.7 Å². The van der Waals surface area contributed by atoms with E-state index in [9.17, 15) is 27.9 Å². The Morgan fingerprint density at radius 3 is 2.36 bits per heavy atom. The quantitative estimate of drug-likeness (QED) is 0.240. The summed E-state index contributed by atoms with van der Waals surface area (Å²) >= 11 is 0. The highest BCUT2D eigenvalue weighted by molar-refractivity contribution is 6.01. The van der Waals surface area contributed by atoms with Crippen LogP contribution in [0.25, 0.3) is 11.3 Å². The lowest BCUT2D eigenvalue weighted by Gasteiger charge is -2.20. The summed E-state index contributed by atoms with van der Waals surface area (Å²) in [4.78, 5) is 35.4. The number of carbonyl (C=O) groups excluding carboxylic acids is 2. The zero-order valence-corrected chi connectivity index (χ0v) is 21.5. The molecule has 3 aromatic rings. The van der Waals surface area contributed by atoms with Crippen LogP contribution in [-0.2, 0) is 4.79 Å². The molecular weight excluding hydrogens is 519 g/mol. The van der Waals surface area contributed by atoms with Crippen molar-refractivity contribution in [1.29, 1.82) is 0 Å². The van der Waals surface area contributed by atoms with Crippen LogP contribution in [0.3, 0.4) is 0 Å². The number of rotatable bonds is 11. The largest absolute Gasteiger partial charge is 0.508 e. The van der Waals surface area contributed by atoms with Crippen molar-refractivity contribution < 1.29 is 37.3 Å².